The van der Waals surface area contributed by atoms with E-state index in [-0.39, 0.29) is 25.1 Å². The smallest absolute Gasteiger partial charge is 0.397 e. The van der Waals surface area contributed by atoms with Crippen LogP contribution in [-0.2, 0) is 22.3 Å². The van der Waals surface area contributed by atoms with Crippen LogP contribution in [0.25, 0.3) is 11.3 Å². The lowest BCUT2D eigenvalue weighted by atomic mass is 10.1. The van der Waals surface area contributed by atoms with Gasteiger partial charge in [0.1, 0.15) is 5.69 Å². The summed E-state index contributed by atoms with van der Waals surface area (Å²) < 4.78 is 46.0. The molecule has 1 aliphatic heterocycles. The molecule has 172 valence electrons. The standard InChI is InChI=1S/C22H21F3N6O2/c1-2-21(32)30-11-19(31-10-18(28-29-31)15-7-17(26)9-27-8-15)20(12-30)33-13-14-3-5-16(6-4-14)22(23,24)25/h2-10,19-20H,1,11-13,26H2. The van der Waals surface area contributed by atoms with Crippen molar-refractivity contribution in [3.05, 3.63) is 72.7 Å². The monoisotopic (exact) mass is 458 g/mol. The van der Waals surface area contributed by atoms with Gasteiger partial charge >= 0.3 is 6.18 Å². The number of anilines is 1. The molecule has 1 aliphatic rings. The maximum Gasteiger partial charge on any atom is 0.416 e. The molecular formula is C22H21F3N6O2. The normalized spacial score (nSPS) is 18.5. The molecule has 3 heterocycles. The van der Waals surface area contributed by atoms with Gasteiger partial charge in [0.15, 0.2) is 0 Å². The van der Waals surface area contributed by atoms with Gasteiger partial charge in [-0.1, -0.05) is 23.9 Å². The first kappa shape index (κ1) is 22.5. The highest BCUT2D eigenvalue weighted by atomic mass is 19.4. The number of hydrogen-bond donors (Lipinski definition) is 1. The van der Waals surface area contributed by atoms with Crippen LogP contribution < -0.4 is 5.73 Å². The van der Waals surface area contributed by atoms with Gasteiger partial charge in [-0.15, -0.1) is 5.10 Å². The molecule has 2 aromatic heterocycles. The zero-order chi connectivity index (χ0) is 23.6. The van der Waals surface area contributed by atoms with Gasteiger partial charge < -0.3 is 15.4 Å². The number of nitrogen functional groups attached to an aromatic ring is 1. The molecular weight excluding hydrogens is 437 g/mol. The molecule has 2 atom stereocenters. The highest BCUT2D eigenvalue weighted by Crippen LogP contribution is 2.30. The Hall–Kier alpha value is -3.73. The molecule has 4 rings (SSSR count). The van der Waals surface area contributed by atoms with Crippen LogP contribution in [0.3, 0.4) is 0 Å². The number of hydrogen-bond acceptors (Lipinski definition) is 6. The number of halogens is 3. The van der Waals surface area contributed by atoms with E-state index in [0.29, 0.717) is 29.1 Å². The molecule has 3 aromatic rings. The summed E-state index contributed by atoms with van der Waals surface area (Å²) >= 11 is 0. The minimum atomic E-state index is -4.40. The van der Waals surface area contributed by atoms with Crippen LogP contribution in [-0.4, -0.2) is 50.0 Å². The number of nitrogens with zero attached hydrogens (tertiary/aromatic N) is 5. The number of benzene rings is 1. The Morgan fingerprint density at radius 3 is 2.67 bits per heavy atom. The van der Waals surface area contributed by atoms with Gasteiger partial charge in [-0.3, -0.25) is 9.78 Å². The van der Waals surface area contributed by atoms with E-state index in [2.05, 4.69) is 21.9 Å². The topological polar surface area (TPSA) is 99.2 Å². The molecule has 1 amide bonds. The molecule has 2 unspecified atom stereocenters. The SMILES string of the molecule is C=CC(=O)N1CC(OCc2ccc(C(F)(F)F)cc2)C(n2cc(-c3cncc(N)c3)nn2)C1. The largest absolute Gasteiger partial charge is 0.416 e. The number of nitrogens with two attached hydrogens (primary N) is 1. The number of likely N-dealkylation sites (tertiary alicyclic amines) is 1. The number of pyridine rings is 1. The number of rotatable bonds is 6. The average Bonchev–Trinajstić information content (AvgIpc) is 3.44. The van der Waals surface area contributed by atoms with Crippen molar-refractivity contribution >= 4 is 11.6 Å². The van der Waals surface area contributed by atoms with Crippen molar-refractivity contribution in [2.75, 3.05) is 18.8 Å². The fourth-order valence-corrected chi connectivity index (χ4v) is 3.65. The van der Waals surface area contributed by atoms with E-state index >= 15 is 0 Å². The van der Waals surface area contributed by atoms with Gasteiger partial charge in [0.05, 0.1) is 36.2 Å². The summed E-state index contributed by atoms with van der Waals surface area (Å²) in [7, 11) is 0. The predicted molar refractivity (Wildman–Crippen MR) is 114 cm³/mol. The minimum absolute atomic E-state index is 0.0795. The number of carbonyl (C=O) groups is 1. The molecule has 0 saturated carbocycles. The summed E-state index contributed by atoms with van der Waals surface area (Å²) in [6, 6.07) is 6.16. The quantitative estimate of drug-likeness (QED) is 0.570. The van der Waals surface area contributed by atoms with E-state index < -0.39 is 17.8 Å². The van der Waals surface area contributed by atoms with Crippen molar-refractivity contribution in [1.82, 2.24) is 24.9 Å². The van der Waals surface area contributed by atoms with E-state index in [1.807, 2.05) is 0 Å². The molecule has 0 bridgehead atoms. The summed E-state index contributed by atoms with van der Waals surface area (Å²) in [6.45, 7) is 4.21. The van der Waals surface area contributed by atoms with Gasteiger partial charge in [-0.2, -0.15) is 13.2 Å². The van der Waals surface area contributed by atoms with E-state index in [1.165, 1.54) is 24.4 Å². The molecule has 1 saturated heterocycles. The number of aromatic nitrogens is 4. The molecule has 1 aromatic carbocycles. The zero-order valence-electron chi connectivity index (χ0n) is 17.4. The molecule has 8 nitrogen and oxygen atoms in total. The molecule has 0 aliphatic carbocycles. The molecule has 2 N–H and O–H groups in total. The Kier molecular flexibility index (Phi) is 6.14. The Morgan fingerprint density at radius 2 is 2.00 bits per heavy atom. The lowest BCUT2D eigenvalue weighted by Crippen LogP contribution is -2.28. The number of ether oxygens (including phenoxy) is 1. The summed E-state index contributed by atoms with van der Waals surface area (Å²) in [5, 5.41) is 8.38. The van der Waals surface area contributed by atoms with Crippen molar-refractivity contribution in [2.45, 2.75) is 24.9 Å². The van der Waals surface area contributed by atoms with Crippen LogP contribution in [0.15, 0.2) is 61.6 Å². The predicted octanol–water partition coefficient (Wildman–Crippen LogP) is 3.10. The zero-order valence-corrected chi connectivity index (χ0v) is 17.4. The molecule has 11 heteroatoms. The van der Waals surface area contributed by atoms with Crippen LogP contribution in [0.1, 0.15) is 17.2 Å². The van der Waals surface area contributed by atoms with Crippen LogP contribution in [0.2, 0.25) is 0 Å². The number of carbonyl (C=O) groups excluding carboxylic acids is 1. The highest BCUT2D eigenvalue weighted by Gasteiger charge is 2.37. The van der Waals surface area contributed by atoms with Gasteiger partial charge in [0, 0.05) is 31.0 Å². The third-order valence-electron chi connectivity index (χ3n) is 5.37. The summed E-state index contributed by atoms with van der Waals surface area (Å²) in [5.41, 5.74) is 7.39. The second kappa shape index (κ2) is 9.02. The van der Waals surface area contributed by atoms with Crippen molar-refractivity contribution < 1.29 is 22.7 Å². The average molecular weight is 458 g/mol. The fourth-order valence-electron chi connectivity index (χ4n) is 3.65. The minimum Gasteiger partial charge on any atom is -0.397 e. The van der Waals surface area contributed by atoms with Crippen LogP contribution in [0.5, 0.6) is 0 Å². The Bertz CT molecular complexity index is 1150. The van der Waals surface area contributed by atoms with E-state index in [1.54, 1.807) is 28.0 Å². The maximum absolute atomic E-state index is 12.8. The summed E-state index contributed by atoms with van der Waals surface area (Å²) in [6.07, 6.45) is 1.23. The van der Waals surface area contributed by atoms with Crippen molar-refractivity contribution in [3.8, 4) is 11.3 Å². The first-order chi connectivity index (χ1) is 15.7. The maximum atomic E-state index is 12.8. The fraction of sp³-hybridized carbons (Fsp3) is 0.273. The van der Waals surface area contributed by atoms with Crippen molar-refractivity contribution in [2.24, 2.45) is 0 Å². The van der Waals surface area contributed by atoms with Crippen molar-refractivity contribution in [3.63, 3.8) is 0 Å². The number of alkyl halides is 3. The van der Waals surface area contributed by atoms with Gasteiger partial charge in [-0.05, 0) is 29.8 Å². The third kappa shape index (κ3) is 5.03. The van der Waals surface area contributed by atoms with E-state index in [9.17, 15) is 18.0 Å². The van der Waals surface area contributed by atoms with Crippen LogP contribution in [0.4, 0.5) is 18.9 Å². The lowest BCUT2D eigenvalue weighted by molar-refractivity contribution is -0.137. The number of amides is 1. The lowest BCUT2D eigenvalue weighted by Gasteiger charge is -2.19. The first-order valence-electron chi connectivity index (χ1n) is 10.1. The van der Waals surface area contributed by atoms with Crippen LogP contribution >= 0.6 is 0 Å². The second-order valence-electron chi connectivity index (χ2n) is 7.65. The second-order valence-corrected chi connectivity index (χ2v) is 7.65. The van der Waals surface area contributed by atoms with Gasteiger partial charge in [-0.25, -0.2) is 4.68 Å². The highest BCUT2D eigenvalue weighted by molar-refractivity contribution is 5.87. The van der Waals surface area contributed by atoms with Gasteiger partial charge in [0.2, 0.25) is 5.91 Å². The molecule has 0 radical (unpaired) electrons. The summed E-state index contributed by atoms with van der Waals surface area (Å²) in [4.78, 5) is 17.8. The molecule has 0 spiro atoms. The Labute approximate surface area is 187 Å². The van der Waals surface area contributed by atoms with Crippen LogP contribution in [0, 0.1) is 0 Å². The Morgan fingerprint density at radius 1 is 1.24 bits per heavy atom. The van der Waals surface area contributed by atoms with E-state index in [0.717, 1.165) is 12.1 Å². The summed E-state index contributed by atoms with van der Waals surface area (Å²) in [5.74, 6) is -0.249. The Balaban J connectivity index is 1.51. The molecule has 1 fully saturated rings. The molecule has 33 heavy (non-hydrogen) atoms. The van der Waals surface area contributed by atoms with E-state index in [4.69, 9.17) is 10.5 Å². The van der Waals surface area contributed by atoms with Crippen molar-refractivity contribution in [1.29, 1.82) is 0 Å². The van der Waals surface area contributed by atoms with Gasteiger partial charge in [0.25, 0.3) is 0 Å². The first-order valence-corrected chi connectivity index (χ1v) is 10.1. The third-order valence-corrected chi connectivity index (χ3v) is 5.37.